The molecule has 1 aliphatic carbocycles. The van der Waals surface area contributed by atoms with E-state index in [0.29, 0.717) is 12.8 Å². The van der Waals surface area contributed by atoms with Gasteiger partial charge in [-0.1, -0.05) is 12.2 Å². The van der Waals surface area contributed by atoms with Crippen molar-refractivity contribution in [2.24, 2.45) is 0 Å². The molecule has 1 aromatic rings. The number of aliphatic hydroxyl groups is 1. The molecule has 7 heteroatoms. The highest BCUT2D eigenvalue weighted by Crippen LogP contribution is 2.42. The largest absolute Gasteiger partial charge is 0.463 e. The summed E-state index contributed by atoms with van der Waals surface area (Å²) in [6, 6.07) is 2.13. The first-order chi connectivity index (χ1) is 9.72. The Kier molecular flexibility index (Phi) is 4.13. The van der Waals surface area contributed by atoms with Gasteiger partial charge in [0.25, 0.3) is 0 Å². The molecule has 2 rings (SSSR count). The van der Waals surface area contributed by atoms with Crippen LogP contribution in [0, 0.1) is 6.92 Å². The highest BCUT2D eigenvalue weighted by atomic mass is 19.4. The predicted octanol–water partition coefficient (Wildman–Crippen LogP) is 2.56. The molecule has 0 radical (unpaired) electrons. The van der Waals surface area contributed by atoms with Crippen molar-refractivity contribution in [2.75, 3.05) is 0 Å². The van der Waals surface area contributed by atoms with Crippen LogP contribution in [-0.4, -0.2) is 23.2 Å². The van der Waals surface area contributed by atoms with Gasteiger partial charge in [-0.05, 0) is 31.9 Å². The number of furan rings is 1. The van der Waals surface area contributed by atoms with E-state index in [1.165, 1.54) is 13.0 Å². The normalized spacial score (nSPS) is 18.7. The standard InChI is InChI=1S/C14H16F3NO3/c1-9-6-7-11(21-9)13(20,14(15,16)17)8-12(19)18-10-4-2-3-5-10/h2-3,6-7,10,20H,4-5,8H2,1H3,(H,18,19). The molecule has 1 aliphatic rings. The maximum atomic E-state index is 13.2. The Bertz CT molecular complexity index is 542. The number of carbonyl (C=O) groups is 1. The van der Waals surface area contributed by atoms with E-state index in [4.69, 9.17) is 4.42 Å². The van der Waals surface area contributed by atoms with Gasteiger partial charge in [0.05, 0.1) is 6.42 Å². The maximum absolute atomic E-state index is 13.2. The van der Waals surface area contributed by atoms with Crippen molar-refractivity contribution in [1.82, 2.24) is 5.32 Å². The van der Waals surface area contributed by atoms with Crippen LogP contribution in [0.15, 0.2) is 28.7 Å². The fourth-order valence-corrected chi connectivity index (χ4v) is 2.23. The summed E-state index contributed by atoms with van der Waals surface area (Å²) in [5.41, 5.74) is -3.32. The number of amides is 1. The Morgan fingerprint density at radius 3 is 2.48 bits per heavy atom. The van der Waals surface area contributed by atoms with E-state index >= 15 is 0 Å². The van der Waals surface area contributed by atoms with Gasteiger partial charge in [0.2, 0.25) is 11.5 Å². The van der Waals surface area contributed by atoms with E-state index in [0.717, 1.165) is 6.07 Å². The fraction of sp³-hybridized carbons (Fsp3) is 0.500. The number of hydrogen-bond donors (Lipinski definition) is 2. The van der Waals surface area contributed by atoms with E-state index < -0.39 is 29.9 Å². The smallest absolute Gasteiger partial charge is 0.425 e. The summed E-state index contributed by atoms with van der Waals surface area (Å²) in [7, 11) is 0. The second-order valence-electron chi connectivity index (χ2n) is 5.15. The lowest BCUT2D eigenvalue weighted by Crippen LogP contribution is -2.47. The Morgan fingerprint density at radius 1 is 1.38 bits per heavy atom. The van der Waals surface area contributed by atoms with E-state index in [1.54, 1.807) is 0 Å². The van der Waals surface area contributed by atoms with Crippen molar-refractivity contribution in [2.45, 2.75) is 44.0 Å². The van der Waals surface area contributed by atoms with Crippen molar-refractivity contribution in [1.29, 1.82) is 0 Å². The molecule has 1 unspecified atom stereocenters. The van der Waals surface area contributed by atoms with Crippen molar-refractivity contribution < 1.29 is 27.5 Å². The van der Waals surface area contributed by atoms with E-state index in [9.17, 15) is 23.1 Å². The average Bonchev–Trinajstić information content (AvgIpc) is 2.98. The first kappa shape index (κ1) is 15.6. The Balaban J connectivity index is 2.15. The van der Waals surface area contributed by atoms with Crippen molar-refractivity contribution >= 4 is 5.91 Å². The van der Waals surface area contributed by atoms with Crippen molar-refractivity contribution in [3.63, 3.8) is 0 Å². The minimum atomic E-state index is -5.01. The van der Waals surface area contributed by atoms with Gasteiger partial charge in [0.15, 0.2) is 0 Å². The fourth-order valence-electron chi connectivity index (χ4n) is 2.23. The predicted molar refractivity (Wildman–Crippen MR) is 68.3 cm³/mol. The van der Waals surface area contributed by atoms with Gasteiger partial charge >= 0.3 is 6.18 Å². The van der Waals surface area contributed by atoms with Crippen LogP contribution >= 0.6 is 0 Å². The summed E-state index contributed by atoms with van der Waals surface area (Å²) >= 11 is 0. The summed E-state index contributed by atoms with van der Waals surface area (Å²) in [5.74, 6) is -1.31. The van der Waals surface area contributed by atoms with Gasteiger partial charge in [-0.15, -0.1) is 0 Å². The van der Waals surface area contributed by atoms with Gasteiger partial charge in [-0.25, -0.2) is 0 Å². The summed E-state index contributed by atoms with van der Waals surface area (Å²) in [5, 5.41) is 12.5. The zero-order chi connectivity index (χ0) is 15.7. The van der Waals surface area contributed by atoms with Gasteiger partial charge in [0.1, 0.15) is 11.5 Å². The SMILES string of the molecule is Cc1ccc(C(O)(CC(=O)NC2CC=CC2)C(F)(F)F)o1. The third kappa shape index (κ3) is 3.29. The molecule has 116 valence electrons. The van der Waals surface area contributed by atoms with Crippen molar-refractivity contribution in [3.05, 3.63) is 35.8 Å². The molecule has 1 atom stereocenters. The molecule has 1 heterocycles. The molecule has 0 saturated carbocycles. The van der Waals surface area contributed by atoms with Crippen LogP contribution in [0.1, 0.15) is 30.8 Å². The number of halogens is 3. The minimum absolute atomic E-state index is 0.215. The molecule has 0 aromatic carbocycles. The van der Waals surface area contributed by atoms with Gasteiger partial charge in [-0.2, -0.15) is 13.2 Å². The second kappa shape index (κ2) is 5.55. The molecule has 0 bridgehead atoms. The lowest BCUT2D eigenvalue weighted by Gasteiger charge is -2.28. The number of carbonyl (C=O) groups excluding carboxylic acids is 1. The van der Waals surface area contributed by atoms with E-state index in [-0.39, 0.29) is 11.8 Å². The third-order valence-corrected chi connectivity index (χ3v) is 3.41. The van der Waals surface area contributed by atoms with Gasteiger partial charge in [0, 0.05) is 6.04 Å². The van der Waals surface area contributed by atoms with E-state index in [1.807, 2.05) is 12.2 Å². The number of rotatable bonds is 4. The monoisotopic (exact) mass is 303 g/mol. The molecule has 0 saturated heterocycles. The zero-order valence-corrected chi connectivity index (χ0v) is 11.4. The summed E-state index contributed by atoms with van der Waals surface area (Å²) in [6.45, 7) is 1.46. The van der Waals surface area contributed by atoms with Crippen LogP contribution < -0.4 is 5.32 Å². The van der Waals surface area contributed by atoms with Crippen LogP contribution in [-0.2, 0) is 10.4 Å². The number of aryl methyl sites for hydroxylation is 1. The van der Waals surface area contributed by atoms with E-state index in [2.05, 4.69) is 5.32 Å². The number of alkyl halides is 3. The molecule has 4 nitrogen and oxygen atoms in total. The first-order valence-electron chi connectivity index (χ1n) is 6.53. The lowest BCUT2D eigenvalue weighted by atomic mass is 9.95. The van der Waals surface area contributed by atoms with Gasteiger partial charge in [-0.3, -0.25) is 4.79 Å². The molecule has 21 heavy (non-hydrogen) atoms. The highest BCUT2D eigenvalue weighted by molar-refractivity contribution is 5.77. The quantitative estimate of drug-likeness (QED) is 0.840. The molecule has 1 aromatic heterocycles. The topological polar surface area (TPSA) is 62.5 Å². The Morgan fingerprint density at radius 2 is 2.00 bits per heavy atom. The molecule has 1 amide bonds. The Labute approximate surface area is 119 Å². The minimum Gasteiger partial charge on any atom is -0.463 e. The third-order valence-electron chi connectivity index (χ3n) is 3.41. The van der Waals surface area contributed by atoms with Crippen LogP contribution in [0.5, 0.6) is 0 Å². The highest BCUT2D eigenvalue weighted by Gasteiger charge is 2.58. The average molecular weight is 303 g/mol. The molecular weight excluding hydrogens is 287 g/mol. The molecule has 2 N–H and O–H groups in total. The second-order valence-corrected chi connectivity index (χ2v) is 5.15. The van der Waals surface area contributed by atoms with Gasteiger partial charge < -0.3 is 14.8 Å². The first-order valence-corrected chi connectivity index (χ1v) is 6.53. The number of hydrogen-bond acceptors (Lipinski definition) is 3. The Hall–Kier alpha value is -1.76. The number of nitrogens with one attached hydrogen (secondary N) is 1. The molecule has 0 fully saturated rings. The van der Waals surface area contributed by atoms with Crippen LogP contribution in [0.4, 0.5) is 13.2 Å². The summed E-state index contributed by atoms with van der Waals surface area (Å²) < 4.78 is 44.4. The van der Waals surface area contributed by atoms with Crippen LogP contribution in [0.2, 0.25) is 0 Å². The van der Waals surface area contributed by atoms with Crippen LogP contribution in [0.3, 0.4) is 0 Å². The zero-order valence-electron chi connectivity index (χ0n) is 11.4. The lowest BCUT2D eigenvalue weighted by molar-refractivity contribution is -0.273. The summed E-state index contributed by atoms with van der Waals surface area (Å²) in [4.78, 5) is 11.8. The van der Waals surface area contributed by atoms with Crippen molar-refractivity contribution in [3.8, 4) is 0 Å². The molecular formula is C14H16F3NO3. The molecule has 0 aliphatic heterocycles. The van der Waals surface area contributed by atoms with Crippen LogP contribution in [0.25, 0.3) is 0 Å². The molecule has 0 spiro atoms. The summed E-state index contributed by atoms with van der Waals surface area (Å²) in [6.07, 6.45) is -1.29. The maximum Gasteiger partial charge on any atom is 0.425 e.